The molecule has 0 bridgehead atoms. The first-order chi connectivity index (χ1) is 7.24. The lowest BCUT2D eigenvalue weighted by Gasteiger charge is -2.03. The lowest BCUT2D eigenvalue weighted by molar-refractivity contribution is 0.211. The molecule has 0 aliphatic rings. The number of hydrogen-bond donors (Lipinski definition) is 1. The van der Waals surface area contributed by atoms with E-state index < -0.39 is 0 Å². The van der Waals surface area contributed by atoms with Gasteiger partial charge in [0.25, 0.3) is 0 Å². The first kappa shape index (κ1) is 12.0. The van der Waals surface area contributed by atoms with E-state index in [9.17, 15) is 5.11 Å². The van der Waals surface area contributed by atoms with Crippen molar-refractivity contribution in [2.75, 3.05) is 0 Å². The molecule has 0 radical (unpaired) electrons. The third kappa shape index (κ3) is 4.30. The zero-order valence-corrected chi connectivity index (χ0v) is 9.61. The Kier molecular flexibility index (Phi) is 5.13. The number of aliphatic hydroxyl groups excluding tert-OH is 1. The molecule has 0 heterocycles. The van der Waals surface area contributed by atoms with E-state index in [0.717, 1.165) is 19.3 Å². The van der Waals surface area contributed by atoms with E-state index in [1.54, 1.807) is 0 Å². The van der Waals surface area contributed by atoms with Gasteiger partial charge in [0.2, 0.25) is 0 Å². The lowest BCUT2D eigenvalue weighted by atomic mass is 10.1. The van der Waals surface area contributed by atoms with Gasteiger partial charge in [0.1, 0.15) is 0 Å². The molecule has 15 heavy (non-hydrogen) atoms. The Morgan fingerprint density at radius 1 is 1.33 bits per heavy atom. The fourth-order valence-electron chi connectivity index (χ4n) is 1.58. The van der Waals surface area contributed by atoms with E-state index in [1.807, 2.05) is 6.08 Å². The van der Waals surface area contributed by atoms with E-state index >= 15 is 0 Å². The van der Waals surface area contributed by atoms with E-state index in [1.165, 1.54) is 11.1 Å². The molecule has 0 saturated heterocycles. The molecule has 0 saturated carbocycles. The van der Waals surface area contributed by atoms with Gasteiger partial charge in [-0.1, -0.05) is 49.8 Å². The van der Waals surface area contributed by atoms with Gasteiger partial charge in [-0.15, -0.1) is 0 Å². The van der Waals surface area contributed by atoms with Crippen molar-refractivity contribution in [3.63, 3.8) is 0 Å². The number of aryl methyl sites for hydroxylation is 1. The smallest absolute Gasteiger partial charge is 0.0720 e. The normalized spacial score (nSPS) is 13.3. The standard InChI is InChI=1S/C14H20O/c1-3-7-14(15)11-6-10-13-9-5-4-8-12(13)2/h4-6,8-9,11,14-15H,3,7,10H2,1-2H3. The van der Waals surface area contributed by atoms with Crippen molar-refractivity contribution in [1.82, 2.24) is 0 Å². The summed E-state index contributed by atoms with van der Waals surface area (Å²) in [6.45, 7) is 4.20. The lowest BCUT2D eigenvalue weighted by Crippen LogP contribution is -2.00. The molecule has 0 fully saturated rings. The Balaban J connectivity index is 2.46. The molecule has 1 atom stereocenters. The van der Waals surface area contributed by atoms with Crippen LogP contribution in [0.1, 0.15) is 30.9 Å². The van der Waals surface area contributed by atoms with Crippen molar-refractivity contribution in [3.05, 3.63) is 47.5 Å². The minimum absolute atomic E-state index is 0.279. The average Bonchev–Trinajstić information content (AvgIpc) is 2.21. The zero-order chi connectivity index (χ0) is 11.1. The van der Waals surface area contributed by atoms with Gasteiger partial charge < -0.3 is 5.11 Å². The van der Waals surface area contributed by atoms with Gasteiger partial charge in [0.15, 0.2) is 0 Å². The predicted octanol–water partition coefficient (Wildman–Crippen LogP) is 3.25. The van der Waals surface area contributed by atoms with Crippen LogP contribution in [0.25, 0.3) is 0 Å². The van der Waals surface area contributed by atoms with E-state index in [0.29, 0.717) is 0 Å². The van der Waals surface area contributed by atoms with E-state index in [4.69, 9.17) is 0 Å². The molecule has 0 spiro atoms. The Morgan fingerprint density at radius 2 is 2.07 bits per heavy atom. The van der Waals surface area contributed by atoms with Gasteiger partial charge in [0, 0.05) is 0 Å². The van der Waals surface area contributed by atoms with Crippen LogP contribution in [0.5, 0.6) is 0 Å². The quantitative estimate of drug-likeness (QED) is 0.730. The second-order valence-corrected chi connectivity index (χ2v) is 3.91. The van der Waals surface area contributed by atoms with Gasteiger partial charge in [-0.2, -0.15) is 0 Å². The molecule has 82 valence electrons. The summed E-state index contributed by atoms with van der Waals surface area (Å²) < 4.78 is 0. The molecular weight excluding hydrogens is 184 g/mol. The van der Waals surface area contributed by atoms with Gasteiger partial charge in [0.05, 0.1) is 6.10 Å². The minimum Gasteiger partial charge on any atom is -0.389 e. The second-order valence-electron chi connectivity index (χ2n) is 3.91. The van der Waals surface area contributed by atoms with Crippen LogP contribution < -0.4 is 0 Å². The molecule has 0 aliphatic carbocycles. The summed E-state index contributed by atoms with van der Waals surface area (Å²) in [5.74, 6) is 0. The predicted molar refractivity (Wildman–Crippen MR) is 64.9 cm³/mol. The topological polar surface area (TPSA) is 20.2 Å². The highest BCUT2D eigenvalue weighted by Gasteiger charge is 1.96. The minimum atomic E-state index is -0.279. The molecule has 1 unspecified atom stereocenters. The molecular formula is C14H20O. The Bertz CT molecular complexity index is 315. The van der Waals surface area contributed by atoms with Crippen LogP contribution in [0.2, 0.25) is 0 Å². The molecule has 1 aromatic rings. The van der Waals surface area contributed by atoms with Crippen molar-refractivity contribution in [1.29, 1.82) is 0 Å². The number of benzene rings is 1. The fourth-order valence-corrected chi connectivity index (χ4v) is 1.58. The first-order valence-corrected chi connectivity index (χ1v) is 5.63. The van der Waals surface area contributed by atoms with Crippen molar-refractivity contribution >= 4 is 0 Å². The van der Waals surface area contributed by atoms with Gasteiger partial charge in [-0.05, 0) is 30.9 Å². The molecule has 0 amide bonds. The highest BCUT2D eigenvalue weighted by Crippen LogP contribution is 2.08. The third-order valence-electron chi connectivity index (χ3n) is 2.54. The number of hydrogen-bond acceptors (Lipinski definition) is 1. The Morgan fingerprint density at radius 3 is 2.73 bits per heavy atom. The van der Waals surface area contributed by atoms with Crippen LogP contribution in [0.3, 0.4) is 0 Å². The summed E-state index contributed by atoms with van der Waals surface area (Å²) in [5, 5.41) is 9.51. The van der Waals surface area contributed by atoms with Crippen molar-refractivity contribution < 1.29 is 5.11 Å². The molecule has 0 aromatic heterocycles. The summed E-state index contributed by atoms with van der Waals surface area (Å²) in [5.41, 5.74) is 2.64. The van der Waals surface area contributed by atoms with Gasteiger partial charge in [-0.25, -0.2) is 0 Å². The number of rotatable bonds is 5. The summed E-state index contributed by atoms with van der Waals surface area (Å²) in [6.07, 6.45) is 6.46. The largest absolute Gasteiger partial charge is 0.389 e. The summed E-state index contributed by atoms with van der Waals surface area (Å²) in [4.78, 5) is 0. The highest BCUT2D eigenvalue weighted by atomic mass is 16.3. The number of aliphatic hydroxyl groups is 1. The van der Waals surface area contributed by atoms with Crippen molar-refractivity contribution in [2.45, 2.75) is 39.2 Å². The molecule has 1 rings (SSSR count). The molecule has 1 aromatic carbocycles. The monoisotopic (exact) mass is 204 g/mol. The Hall–Kier alpha value is -1.08. The van der Waals surface area contributed by atoms with Crippen LogP contribution in [0, 0.1) is 6.92 Å². The van der Waals surface area contributed by atoms with E-state index in [-0.39, 0.29) is 6.10 Å². The average molecular weight is 204 g/mol. The molecule has 1 nitrogen and oxygen atoms in total. The van der Waals surface area contributed by atoms with Crippen molar-refractivity contribution in [2.24, 2.45) is 0 Å². The maximum Gasteiger partial charge on any atom is 0.0720 e. The molecule has 1 heteroatoms. The molecule has 0 aliphatic heterocycles. The first-order valence-electron chi connectivity index (χ1n) is 5.63. The van der Waals surface area contributed by atoms with Crippen LogP contribution in [0.15, 0.2) is 36.4 Å². The van der Waals surface area contributed by atoms with Crippen molar-refractivity contribution in [3.8, 4) is 0 Å². The fraction of sp³-hybridized carbons (Fsp3) is 0.429. The SMILES string of the molecule is CCCC(O)C=CCc1ccccc1C. The summed E-state index contributed by atoms with van der Waals surface area (Å²) >= 11 is 0. The van der Waals surface area contributed by atoms with Crippen LogP contribution in [-0.2, 0) is 6.42 Å². The third-order valence-corrected chi connectivity index (χ3v) is 2.54. The maximum atomic E-state index is 9.51. The maximum absolute atomic E-state index is 9.51. The van der Waals surface area contributed by atoms with E-state index in [2.05, 4.69) is 44.2 Å². The number of allylic oxidation sites excluding steroid dienone is 1. The van der Waals surface area contributed by atoms with Gasteiger partial charge in [-0.3, -0.25) is 0 Å². The van der Waals surface area contributed by atoms with Gasteiger partial charge >= 0.3 is 0 Å². The zero-order valence-electron chi connectivity index (χ0n) is 9.61. The highest BCUT2D eigenvalue weighted by molar-refractivity contribution is 5.27. The van der Waals surface area contributed by atoms with Crippen LogP contribution in [0.4, 0.5) is 0 Å². The Labute approximate surface area is 92.5 Å². The second kappa shape index (κ2) is 6.41. The summed E-state index contributed by atoms with van der Waals surface area (Å²) in [7, 11) is 0. The van der Waals surface area contributed by atoms with Crippen LogP contribution in [-0.4, -0.2) is 11.2 Å². The summed E-state index contributed by atoms with van der Waals surface area (Å²) in [6, 6.07) is 8.35. The molecule has 1 N–H and O–H groups in total. The van der Waals surface area contributed by atoms with Crippen LogP contribution >= 0.6 is 0 Å².